The number of carbonyl (C=O) groups is 1. The van der Waals surface area contributed by atoms with Crippen molar-refractivity contribution in [3.8, 4) is 5.75 Å². The number of esters is 1. The van der Waals surface area contributed by atoms with Crippen molar-refractivity contribution in [1.82, 2.24) is 0 Å². The van der Waals surface area contributed by atoms with Crippen LogP contribution in [0.3, 0.4) is 0 Å². The molecular weight excluding hydrogens is 268 g/mol. The zero-order chi connectivity index (χ0) is 15.2. The number of nitrogen functional groups attached to an aromatic ring is 1. The molecule has 0 atom stereocenters. The van der Waals surface area contributed by atoms with Crippen LogP contribution in [0.2, 0.25) is 0 Å². The maximum Gasteiger partial charge on any atom is 0.340 e. The quantitative estimate of drug-likeness (QED) is 0.652. The summed E-state index contributed by atoms with van der Waals surface area (Å²) in [4.78, 5) is 11.7. The number of ether oxygens (including phenoxy) is 2. The molecule has 0 heterocycles. The van der Waals surface area contributed by atoms with E-state index in [1.165, 1.54) is 7.11 Å². The van der Waals surface area contributed by atoms with Crippen LogP contribution in [0, 0.1) is 0 Å². The smallest absolute Gasteiger partial charge is 0.340 e. The van der Waals surface area contributed by atoms with Crippen LogP contribution >= 0.6 is 0 Å². The summed E-state index contributed by atoms with van der Waals surface area (Å²) in [5.41, 5.74) is 8.05. The number of nitrogens with one attached hydrogen (secondary N) is 1. The van der Waals surface area contributed by atoms with Crippen LogP contribution in [0.5, 0.6) is 5.75 Å². The Hall–Kier alpha value is -2.69. The first kappa shape index (κ1) is 14.7. The van der Waals surface area contributed by atoms with E-state index in [4.69, 9.17) is 15.2 Å². The Morgan fingerprint density at radius 3 is 2.71 bits per heavy atom. The molecule has 0 radical (unpaired) electrons. The molecule has 2 rings (SSSR count). The Morgan fingerprint density at radius 2 is 2.00 bits per heavy atom. The molecule has 21 heavy (non-hydrogen) atoms. The molecular formula is C16H18N2O3. The molecule has 0 saturated heterocycles. The predicted molar refractivity (Wildman–Crippen MR) is 83.1 cm³/mol. The normalized spacial score (nSPS) is 10.0. The fraction of sp³-hybridized carbons (Fsp3) is 0.188. The minimum Gasteiger partial charge on any atom is -0.492 e. The number of hydrogen-bond acceptors (Lipinski definition) is 5. The van der Waals surface area contributed by atoms with Gasteiger partial charge in [0, 0.05) is 11.4 Å². The summed E-state index contributed by atoms with van der Waals surface area (Å²) in [5.74, 6) is 0.283. The van der Waals surface area contributed by atoms with Crippen molar-refractivity contribution in [3.05, 3.63) is 48.0 Å². The summed E-state index contributed by atoms with van der Waals surface area (Å²) < 4.78 is 10.3. The highest BCUT2D eigenvalue weighted by molar-refractivity contribution is 5.96. The SMILES string of the molecule is CCOc1ccccc1Nc1ccc(N)c(C(=O)OC)c1. The summed E-state index contributed by atoms with van der Waals surface area (Å²) in [6, 6.07) is 12.7. The second-order valence-electron chi connectivity index (χ2n) is 4.35. The Bertz CT molecular complexity index is 641. The number of methoxy groups -OCH3 is 1. The number of anilines is 3. The second-order valence-corrected chi connectivity index (χ2v) is 4.35. The molecule has 0 bridgehead atoms. The summed E-state index contributed by atoms with van der Waals surface area (Å²) in [5, 5.41) is 3.22. The van der Waals surface area contributed by atoms with Gasteiger partial charge in [0.25, 0.3) is 0 Å². The Kier molecular flexibility index (Phi) is 4.66. The minimum atomic E-state index is -0.464. The molecule has 0 amide bonds. The lowest BCUT2D eigenvalue weighted by molar-refractivity contribution is 0.0602. The van der Waals surface area contributed by atoms with Crippen molar-refractivity contribution in [2.24, 2.45) is 0 Å². The highest BCUT2D eigenvalue weighted by Gasteiger charge is 2.11. The molecule has 0 fully saturated rings. The molecule has 5 nitrogen and oxygen atoms in total. The van der Waals surface area contributed by atoms with Crippen LogP contribution in [0.1, 0.15) is 17.3 Å². The molecule has 5 heteroatoms. The van der Waals surface area contributed by atoms with Crippen molar-refractivity contribution < 1.29 is 14.3 Å². The van der Waals surface area contributed by atoms with Crippen LogP contribution in [-0.2, 0) is 4.74 Å². The van der Waals surface area contributed by atoms with E-state index in [0.29, 0.717) is 17.9 Å². The Morgan fingerprint density at radius 1 is 1.24 bits per heavy atom. The number of hydrogen-bond donors (Lipinski definition) is 2. The van der Waals surface area contributed by atoms with Gasteiger partial charge in [-0.05, 0) is 37.3 Å². The van der Waals surface area contributed by atoms with Gasteiger partial charge in [-0.1, -0.05) is 12.1 Å². The van der Waals surface area contributed by atoms with Gasteiger partial charge in [-0.3, -0.25) is 0 Å². The monoisotopic (exact) mass is 286 g/mol. The second kappa shape index (κ2) is 6.65. The molecule has 2 aromatic rings. The summed E-state index contributed by atoms with van der Waals surface area (Å²) >= 11 is 0. The van der Waals surface area contributed by atoms with E-state index in [1.807, 2.05) is 31.2 Å². The van der Waals surface area contributed by atoms with Crippen molar-refractivity contribution >= 4 is 23.0 Å². The average Bonchev–Trinajstić information content (AvgIpc) is 2.50. The van der Waals surface area contributed by atoms with E-state index < -0.39 is 5.97 Å². The van der Waals surface area contributed by atoms with Gasteiger partial charge >= 0.3 is 5.97 Å². The third-order valence-corrected chi connectivity index (χ3v) is 2.92. The third kappa shape index (κ3) is 3.45. The Labute approximate surface area is 123 Å². The lowest BCUT2D eigenvalue weighted by Gasteiger charge is -2.13. The fourth-order valence-corrected chi connectivity index (χ4v) is 1.93. The van der Waals surface area contributed by atoms with Crippen molar-refractivity contribution in [3.63, 3.8) is 0 Å². The highest BCUT2D eigenvalue weighted by Crippen LogP contribution is 2.28. The molecule has 3 N–H and O–H groups in total. The summed E-state index contributed by atoms with van der Waals surface area (Å²) in [7, 11) is 1.33. The molecule has 0 aliphatic carbocycles. The van der Waals surface area contributed by atoms with Crippen LogP contribution in [0.4, 0.5) is 17.1 Å². The van der Waals surface area contributed by atoms with Gasteiger partial charge in [0.05, 0.1) is 25.0 Å². The zero-order valence-electron chi connectivity index (χ0n) is 12.1. The average molecular weight is 286 g/mol. The fourth-order valence-electron chi connectivity index (χ4n) is 1.93. The molecule has 0 saturated carbocycles. The van der Waals surface area contributed by atoms with Crippen LogP contribution in [-0.4, -0.2) is 19.7 Å². The van der Waals surface area contributed by atoms with E-state index in [0.717, 1.165) is 17.1 Å². The maximum absolute atomic E-state index is 11.7. The topological polar surface area (TPSA) is 73.6 Å². The van der Waals surface area contributed by atoms with E-state index >= 15 is 0 Å². The van der Waals surface area contributed by atoms with E-state index in [9.17, 15) is 4.79 Å². The van der Waals surface area contributed by atoms with Crippen LogP contribution in [0.25, 0.3) is 0 Å². The van der Waals surface area contributed by atoms with Gasteiger partial charge in [0.1, 0.15) is 5.75 Å². The first-order valence-corrected chi connectivity index (χ1v) is 6.62. The number of rotatable bonds is 5. The Balaban J connectivity index is 2.30. The van der Waals surface area contributed by atoms with E-state index in [2.05, 4.69) is 5.32 Å². The van der Waals surface area contributed by atoms with Crippen molar-refractivity contribution in [1.29, 1.82) is 0 Å². The summed E-state index contributed by atoms with van der Waals surface area (Å²) in [6.07, 6.45) is 0. The summed E-state index contributed by atoms with van der Waals surface area (Å²) in [6.45, 7) is 2.50. The maximum atomic E-state index is 11.7. The van der Waals surface area contributed by atoms with Crippen molar-refractivity contribution in [2.45, 2.75) is 6.92 Å². The molecule has 0 unspecified atom stereocenters. The van der Waals surface area contributed by atoms with Gasteiger partial charge in [-0.25, -0.2) is 4.79 Å². The molecule has 0 aromatic heterocycles. The zero-order valence-corrected chi connectivity index (χ0v) is 12.1. The van der Waals surface area contributed by atoms with Gasteiger partial charge < -0.3 is 20.5 Å². The molecule has 110 valence electrons. The first-order chi connectivity index (χ1) is 10.2. The van der Waals surface area contributed by atoms with Crippen LogP contribution < -0.4 is 15.8 Å². The predicted octanol–water partition coefficient (Wildman–Crippen LogP) is 3.20. The number of para-hydroxylation sites is 2. The standard InChI is InChI=1S/C16H18N2O3/c1-3-21-15-7-5-4-6-14(15)18-11-8-9-13(17)12(10-11)16(19)20-2/h4-10,18H,3,17H2,1-2H3. The number of nitrogens with two attached hydrogens (primary N) is 1. The largest absolute Gasteiger partial charge is 0.492 e. The molecule has 0 aliphatic heterocycles. The first-order valence-electron chi connectivity index (χ1n) is 6.62. The molecule has 2 aromatic carbocycles. The van der Waals surface area contributed by atoms with Crippen molar-refractivity contribution in [2.75, 3.05) is 24.8 Å². The number of benzene rings is 2. The highest BCUT2D eigenvalue weighted by atomic mass is 16.5. The van der Waals surface area contributed by atoms with Crippen LogP contribution in [0.15, 0.2) is 42.5 Å². The van der Waals surface area contributed by atoms with Gasteiger partial charge in [0.2, 0.25) is 0 Å². The molecule has 0 aliphatic rings. The van der Waals surface area contributed by atoms with Gasteiger partial charge in [-0.2, -0.15) is 0 Å². The third-order valence-electron chi connectivity index (χ3n) is 2.92. The van der Waals surface area contributed by atoms with E-state index in [1.54, 1.807) is 18.2 Å². The van der Waals surface area contributed by atoms with Gasteiger partial charge in [-0.15, -0.1) is 0 Å². The molecule has 0 spiro atoms. The van der Waals surface area contributed by atoms with E-state index in [-0.39, 0.29) is 0 Å². The van der Waals surface area contributed by atoms with Gasteiger partial charge in [0.15, 0.2) is 0 Å². The lowest BCUT2D eigenvalue weighted by atomic mass is 10.1. The minimum absolute atomic E-state index is 0.330. The lowest BCUT2D eigenvalue weighted by Crippen LogP contribution is -2.06. The number of carbonyl (C=O) groups excluding carboxylic acids is 1.